The Morgan fingerprint density at radius 3 is 2.82 bits per heavy atom. The van der Waals surface area contributed by atoms with Crippen LogP contribution >= 0.6 is 0 Å². The number of hydrogen-bond acceptors (Lipinski definition) is 4. The molecule has 6 heteroatoms. The molecule has 22 heavy (non-hydrogen) atoms. The van der Waals surface area contributed by atoms with Gasteiger partial charge in [-0.3, -0.25) is 4.79 Å². The van der Waals surface area contributed by atoms with Crippen molar-refractivity contribution in [1.29, 1.82) is 0 Å². The Labute approximate surface area is 129 Å². The maximum atomic E-state index is 12.3. The zero-order valence-electron chi connectivity index (χ0n) is 12.4. The van der Waals surface area contributed by atoms with Gasteiger partial charge >= 0.3 is 0 Å². The number of aliphatic hydroxyl groups excluding tert-OH is 1. The van der Waals surface area contributed by atoms with Gasteiger partial charge in [-0.15, -0.1) is 5.10 Å². The third kappa shape index (κ3) is 3.17. The van der Waals surface area contributed by atoms with Crippen molar-refractivity contribution in [2.75, 3.05) is 6.61 Å². The van der Waals surface area contributed by atoms with Crippen LogP contribution in [-0.4, -0.2) is 38.4 Å². The minimum absolute atomic E-state index is 0.00919. The number of carbonyl (C=O) groups excluding carboxylic acids is 1. The van der Waals surface area contributed by atoms with Crippen molar-refractivity contribution in [3.63, 3.8) is 0 Å². The molecule has 3 rings (SSSR count). The first kappa shape index (κ1) is 14.7. The highest BCUT2D eigenvalue weighted by Gasteiger charge is 2.27. The first-order valence-corrected chi connectivity index (χ1v) is 7.67. The molecule has 2 unspecified atom stereocenters. The number of aromatic nitrogens is 3. The number of rotatable bonds is 4. The molecule has 1 aromatic heterocycles. The Balaban J connectivity index is 1.69. The third-order valence-electron chi connectivity index (χ3n) is 4.18. The van der Waals surface area contributed by atoms with E-state index in [1.165, 1.54) is 6.33 Å². The van der Waals surface area contributed by atoms with Crippen LogP contribution in [0.25, 0.3) is 5.69 Å². The molecule has 0 spiro atoms. The summed E-state index contributed by atoms with van der Waals surface area (Å²) in [5.74, 6) is 0.0139. The maximum Gasteiger partial charge on any atom is 0.291 e. The maximum absolute atomic E-state index is 12.3. The van der Waals surface area contributed by atoms with Crippen molar-refractivity contribution in [3.05, 3.63) is 42.5 Å². The van der Waals surface area contributed by atoms with Gasteiger partial charge in [-0.2, -0.15) is 0 Å². The van der Waals surface area contributed by atoms with Gasteiger partial charge in [0, 0.05) is 18.6 Å². The molecule has 1 aliphatic rings. The summed E-state index contributed by atoms with van der Waals surface area (Å²) in [4.78, 5) is 16.4. The van der Waals surface area contributed by atoms with E-state index in [1.807, 2.05) is 30.3 Å². The summed E-state index contributed by atoms with van der Waals surface area (Å²) in [6.45, 7) is 0.108. The lowest BCUT2D eigenvalue weighted by atomic mass is 9.85. The van der Waals surface area contributed by atoms with Crippen LogP contribution < -0.4 is 5.32 Å². The fourth-order valence-electron chi connectivity index (χ4n) is 2.92. The molecular weight excluding hydrogens is 280 g/mol. The number of carbonyl (C=O) groups is 1. The van der Waals surface area contributed by atoms with Crippen LogP contribution in [0.3, 0.4) is 0 Å². The van der Waals surface area contributed by atoms with Gasteiger partial charge < -0.3 is 10.4 Å². The monoisotopic (exact) mass is 300 g/mol. The molecule has 116 valence electrons. The summed E-state index contributed by atoms with van der Waals surface area (Å²) in [5.41, 5.74) is 0.861. The molecule has 0 saturated heterocycles. The van der Waals surface area contributed by atoms with Gasteiger partial charge in [0.1, 0.15) is 6.33 Å². The van der Waals surface area contributed by atoms with E-state index < -0.39 is 0 Å². The van der Waals surface area contributed by atoms with Crippen LogP contribution in [0, 0.1) is 5.92 Å². The van der Waals surface area contributed by atoms with Crippen LogP contribution in [0.1, 0.15) is 36.3 Å². The average molecular weight is 300 g/mol. The Morgan fingerprint density at radius 2 is 2.05 bits per heavy atom. The van der Waals surface area contributed by atoms with Gasteiger partial charge in [-0.05, 0) is 25.0 Å². The highest BCUT2D eigenvalue weighted by Crippen LogP contribution is 2.24. The normalized spacial score (nSPS) is 21.5. The molecule has 0 aliphatic heterocycles. The third-order valence-corrected chi connectivity index (χ3v) is 4.18. The largest absolute Gasteiger partial charge is 0.396 e. The van der Waals surface area contributed by atoms with Crippen LogP contribution in [0.5, 0.6) is 0 Å². The fraction of sp³-hybridized carbons (Fsp3) is 0.438. The summed E-state index contributed by atoms with van der Waals surface area (Å²) in [6, 6.07) is 9.55. The number of para-hydroxylation sites is 1. The van der Waals surface area contributed by atoms with Crippen LogP contribution in [-0.2, 0) is 0 Å². The molecule has 2 aromatic rings. The molecule has 0 radical (unpaired) electrons. The molecule has 2 N–H and O–H groups in total. The summed E-state index contributed by atoms with van der Waals surface area (Å²) < 4.78 is 1.58. The van der Waals surface area contributed by atoms with Gasteiger partial charge in [0.05, 0.1) is 5.69 Å². The average Bonchev–Trinajstić information content (AvgIpc) is 3.06. The summed E-state index contributed by atoms with van der Waals surface area (Å²) >= 11 is 0. The number of aliphatic hydroxyl groups is 1. The Hall–Kier alpha value is -2.21. The van der Waals surface area contributed by atoms with Crippen molar-refractivity contribution in [2.45, 2.75) is 31.7 Å². The van der Waals surface area contributed by atoms with Crippen molar-refractivity contribution < 1.29 is 9.90 Å². The van der Waals surface area contributed by atoms with Crippen molar-refractivity contribution >= 4 is 5.91 Å². The summed E-state index contributed by atoms with van der Waals surface area (Å²) in [6.07, 6.45) is 5.57. The van der Waals surface area contributed by atoms with E-state index >= 15 is 0 Å². The first-order valence-electron chi connectivity index (χ1n) is 7.67. The molecule has 6 nitrogen and oxygen atoms in total. The lowest BCUT2D eigenvalue weighted by Gasteiger charge is -2.30. The zero-order chi connectivity index (χ0) is 15.4. The Kier molecular flexibility index (Phi) is 4.48. The molecule has 1 heterocycles. The van der Waals surface area contributed by atoms with Crippen molar-refractivity contribution in [2.24, 2.45) is 5.92 Å². The number of hydrogen-bond donors (Lipinski definition) is 2. The number of nitrogens with one attached hydrogen (secondary N) is 1. The summed E-state index contributed by atoms with van der Waals surface area (Å²) in [7, 11) is 0. The van der Waals surface area contributed by atoms with E-state index in [2.05, 4.69) is 15.4 Å². The van der Waals surface area contributed by atoms with Crippen LogP contribution in [0.4, 0.5) is 0 Å². The predicted octanol–water partition coefficient (Wildman–Crippen LogP) is 1.55. The van der Waals surface area contributed by atoms with E-state index in [4.69, 9.17) is 0 Å². The number of amides is 1. The predicted molar refractivity (Wildman–Crippen MR) is 81.7 cm³/mol. The van der Waals surface area contributed by atoms with Crippen molar-refractivity contribution in [1.82, 2.24) is 20.1 Å². The van der Waals surface area contributed by atoms with E-state index in [9.17, 15) is 9.90 Å². The Bertz CT molecular complexity index is 626. The number of benzene rings is 1. The van der Waals surface area contributed by atoms with Gasteiger partial charge in [0.2, 0.25) is 5.82 Å². The highest BCUT2D eigenvalue weighted by molar-refractivity contribution is 5.90. The molecule has 0 bridgehead atoms. The second-order valence-electron chi connectivity index (χ2n) is 5.66. The van der Waals surface area contributed by atoms with Crippen molar-refractivity contribution in [3.8, 4) is 5.69 Å². The van der Waals surface area contributed by atoms with E-state index in [0.29, 0.717) is 0 Å². The lowest BCUT2D eigenvalue weighted by molar-refractivity contribution is 0.0862. The van der Waals surface area contributed by atoms with E-state index in [0.717, 1.165) is 31.4 Å². The summed E-state index contributed by atoms with van der Waals surface area (Å²) in [5, 5.41) is 16.6. The molecule has 1 fully saturated rings. The number of nitrogens with zero attached hydrogens (tertiary/aromatic N) is 3. The fourth-order valence-corrected chi connectivity index (χ4v) is 2.92. The SMILES string of the molecule is O=C(NC1CCCCC1CO)c1ncn(-c2ccccc2)n1. The van der Waals surface area contributed by atoms with Gasteiger partial charge in [0.15, 0.2) is 0 Å². The zero-order valence-corrected chi connectivity index (χ0v) is 12.4. The molecule has 1 aliphatic carbocycles. The molecule has 1 saturated carbocycles. The minimum atomic E-state index is -0.278. The second-order valence-corrected chi connectivity index (χ2v) is 5.66. The van der Waals surface area contributed by atoms with Gasteiger partial charge in [-0.25, -0.2) is 9.67 Å². The molecular formula is C16H20N4O2. The second kappa shape index (κ2) is 6.70. The highest BCUT2D eigenvalue weighted by atomic mass is 16.3. The smallest absolute Gasteiger partial charge is 0.291 e. The van der Waals surface area contributed by atoms with Crippen LogP contribution in [0.15, 0.2) is 36.7 Å². The quantitative estimate of drug-likeness (QED) is 0.898. The van der Waals surface area contributed by atoms with E-state index in [1.54, 1.807) is 4.68 Å². The van der Waals surface area contributed by atoms with E-state index in [-0.39, 0.29) is 30.3 Å². The van der Waals surface area contributed by atoms with Crippen LogP contribution in [0.2, 0.25) is 0 Å². The minimum Gasteiger partial charge on any atom is -0.396 e. The first-order chi connectivity index (χ1) is 10.8. The lowest BCUT2D eigenvalue weighted by Crippen LogP contribution is -2.43. The standard InChI is InChI=1S/C16H20N4O2/c21-10-12-6-4-5-9-14(12)18-16(22)15-17-11-20(19-15)13-7-2-1-3-8-13/h1-3,7-8,11-12,14,21H,4-6,9-10H2,(H,18,22). The Morgan fingerprint density at radius 1 is 1.27 bits per heavy atom. The topological polar surface area (TPSA) is 80.0 Å². The molecule has 1 amide bonds. The molecule has 1 aromatic carbocycles. The van der Waals surface area contributed by atoms with Gasteiger partial charge in [0.25, 0.3) is 5.91 Å². The van der Waals surface area contributed by atoms with Gasteiger partial charge in [-0.1, -0.05) is 31.0 Å². The molecule has 2 atom stereocenters.